The molecule has 0 amide bonds. The van der Waals surface area contributed by atoms with Crippen molar-refractivity contribution in [1.82, 2.24) is 0 Å². The second-order valence-electron chi connectivity index (χ2n) is 5.29. The number of aliphatic hydroxyl groups is 1. The third-order valence-corrected chi connectivity index (χ3v) is 3.48. The van der Waals surface area contributed by atoms with Gasteiger partial charge in [-0.05, 0) is 11.6 Å². The van der Waals surface area contributed by atoms with E-state index in [-0.39, 0.29) is 24.4 Å². The van der Waals surface area contributed by atoms with Crippen LogP contribution in [0.1, 0.15) is 17.2 Å². The third-order valence-electron chi connectivity index (χ3n) is 3.48. The standard InChI is InChI=1S/C17H17F4NO2.ClH/c18-16(19)17(20,21)24-14-9-5-4-8-12(14)15(22)13(23)10-11-6-2-1-3-7-11;/h1-9,13,15-16,23H,10,22H2;1H/t13-,15+;/m1./s1. The van der Waals surface area contributed by atoms with Crippen LogP contribution in [0.25, 0.3) is 0 Å². The molecule has 0 fully saturated rings. The summed E-state index contributed by atoms with van der Waals surface area (Å²) in [5.74, 6) is -0.484. The van der Waals surface area contributed by atoms with Gasteiger partial charge in [-0.2, -0.15) is 17.6 Å². The predicted molar refractivity (Wildman–Crippen MR) is 88.4 cm³/mol. The average Bonchev–Trinajstić information content (AvgIpc) is 2.55. The normalized spacial score (nSPS) is 13.9. The minimum Gasteiger partial charge on any atom is -0.428 e. The maximum absolute atomic E-state index is 13.1. The number of para-hydroxylation sites is 1. The number of aliphatic hydroxyl groups excluding tert-OH is 1. The van der Waals surface area contributed by atoms with Gasteiger partial charge in [0, 0.05) is 12.0 Å². The summed E-state index contributed by atoms with van der Waals surface area (Å²) in [5.41, 5.74) is 6.75. The van der Waals surface area contributed by atoms with Gasteiger partial charge in [0.15, 0.2) is 0 Å². The van der Waals surface area contributed by atoms with Gasteiger partial charge >= 0.3 is 12.5 Å². The van der Waals surface area contributed by atoms with E-state index in [2.05, 4.69) is 4.74 Å². The molecule has 0 aliphatic heterocycles. The van der Waals surface area contributed by atoms with E-state index < -0.39 is 30.4 Å². The van der Waals surface area contributed by atoms with Crippen LogP contribution in [0, 0.1) is 0 Å². The number of nitrogens with two attached hydrogens (primary N) is 1. The molecule has 3 nitrogen and oxygen atoms in total. The summed E-state index contributed by atoms with van der Waals surface area (Å²) in [6.45, 7) is 0. The fraction of sp³-hybridized carbons (Fsp3) is 0.294. The maximum atomic E-state index is 13.1. The van der Waals surface area contributed by atoms with Crippen LogP contribution in [-0.4, -0.2) is 23.7 Å². The van der Waals surface area contributed by atoms with Gasteiger partial charge in [-0.15, -0.1) is 12.4 Å². The minimum atomic E-state index is -4.64. The van der Waals surface area contributed by atoms with Crippen LogP contribution < -0.4 is 10.5 Å². The Morgan fingerprint density at radius 2 is 1.56 bits per heavy atom. The van der Waals surface area contributed by atoms with Crippen molar-refractivity contribution < 1.29 is 27.4 Å². The van der Waals surface area contributed by atoms with Crippen molar-refractivity contribution in [3.05, 3.63) is 65.7 Å². The molecule has 2 atom stereocenters. The van der Waals surface area contributed by atoms with E-state index in [4.69, 9.17) is 5.73 Å². The quantitative estimate of drug-likeness (QED) is 0.716. The van der Waals surface area contributed by atoms with Crippen molar-refractivity contribution >= 4 is 12.4 Å². The first-order chi connectivity index (χ1) is 11.3. The Balaban J connectivity index is 0.00000312. The molecule has 0 aliphatic carbocycles. The molecule has 0 unspecified atom stereocenters. The van der Waals surface area contributed by atoms with E-state index >= 15 is 0 Å². The maximum Gasteiger partial charge on any atom is 0.461 e. The van der Waals surface area contributed by atoms with Gasteiger partial charge in [0.2, 0.25) is 0 Å². The molecule has 0 saturated heterocycles. The van der Waals surface area contributed by atoms with E-state index in [1.54, 1.807) is 24.3 Å². The summed E-state index contributed by atoms with van der Waals surface area (Å²) in [7, 11) is 0. The highest BCUT2D eigenvalue weighted by molar-refractivity contribution is 5.85. The first-order valence-corrected chi connectivity index (χ1v) is 7.22. The van der Waals surface area contributed by atoms with Crippen molar-refractivity contribution in [3.8, 4) is 5.75 Å². The molecule has 3 N–H and O–H groups in total. The van der Waals surface area contributed by atoms with Gasteiger partial charge in [0.05, 0.1) is 12.1 Å². The number of alkyl halides is 4. The number of hydrogen-bond acceptors (Lipinski definition) is 3. The van der Waals surface area contributed by atoms with Gasteiger partial charge < -0.3 is 15.6 Å². The number of rotatable bonds is 7. The highest BCUT2D eigenvalue weighted by Crippen LogP contribution is 2.33. The van der Waals surface area contributed by atoms with Crippen LogP contribution in [-0.2, 0) is 6.42 Å². The molecule has 0 aliphatic rings. The Morgan fingerprint density at radius 1 is 1.00 bits per heavy atom. The molecule has 2 aromatic rings. The predicted octanol–water partition coefficient (Wildman–Crippen LogP) is 3.95. The lowest BCUT2D eigenvalue weighted by molar-refractivity contribution is -0.253. The molecule has 2 aromatic carbocycles. The molecule has 0 aromatic heterocycles. The summed E-state index contributed by atoms with van der Waals surface area (Å²) < 4.78 is 55.1. The average molecular weight is 380 g/mol. The molecule has 0 bridgehead atoms. The fourth-order valence-electron chi connectivity index (χ4n) is 2.23. The molecule has 2 rings (SSSR count). The molecule has 0 saturated carbocycles. The Kier molecular flexibility index (Phi) is 7.66. The van der Waals surface area contributed by atoms with E-state index in [0.29, 0.717) is 0 Å². The van der Waals surface area contributed by atoms with Crippen LogP contribution in [0.5, 0.6) is 5.75 Å². The van der Waals surface area contributed by atoms with Crippen LogP contribution in [0.2, 0.25) is 0 Å². The largest absolute Gasteiger partial charge is 0.461 e. The first-order valence-electron chi connectivity index (χ1n) is 7.22. The Bertz CT molecular complexity index is 658. The smallest absolute Gasteiger partial charge is 0.428 e. The summed E-state index contributed by atoms with van der Waals surface area (Å²) >= 11 is 0. The van der Waals surface area contributed by atoms with Gasteiger partial charge in [0.1, 0.15) is 5.75 Å². The van der Waals surface area contributed by atoms with Crippen LogP contribution in [0.15, 0.2) is 54.6 Å². The number of halogens is 5. The lowest BCUT2D eigenvalue weighted by atomic mass is 9.96. The van der Waals surface area contributed by atoms with Crippen molar-refractivity contribution in [1.29, 1.82) is 0 Å². The third kappa shape index (κ3) is 5.59. The van der Waals surface area contributed by atoms with Crippen molar-refractivity contribution in [3.63, 3.8) is 0 Å². The van der Waals surface area contributed by atoms with Gasteiger partial charge in [-0.25, -0.2) is 0 Å². The molecular weight excluding hydrogens is 362 g/mol. The zero-order chi connectivity index (χ0) is 17.7. The second-order valence-corrected chi connectivity index (χ2v) is 5.29. The molecule has 0 spiro atoms. The first kappa shape index (κ1) is 21.2. The fourth-order valence-corrected chi connectivity index (χ4v) is 2.23. The zero-order valence-electron chi connectivity index (χ0n) is 13.0. The lowest BCUT2D eigenvalue weighted by Gasteiger charge is -2.24. The van der Waals surface area contributed by atoms with Crippen molar-refractivity contribution in [2.45, 2.75) is 31.1 Å². The minimum absolute atomic E-state index is 0. The highest BCUT2D eigenvalue weighted by atomic mass is 35.5. The van der Waals surface area contributed by atoms with E-state index in [9.17, 15) is 22.7 Å². The number of ether oxygens (including phenoxy) is 1. The Hall–Kier alpha value is -1.83. The van der Waals surface area contributed by atoms with E-state index in [1.165, 1.54) is 18.2 Å². The molecular formula is C17H18ClF4NO2. The Labute approximate surface area is 148 Å². The second kappa shape index (κ2) is 9.03. The molecule has 8 heteroatoms. The molecule has 0 heterocycles. The summed E-state index contributed by atoms with van der Waals surface area (Å²) in [4.78, 5) is 0. The lowest BCUT2D eigenvalue weighted by Crippen LogP contribution is -2.35. The number of benzene rings is 2. The zero-order valence-corrected chi connectivity index (χ0v) is 13.8. The molecule has 138 valence electrons. The van der Waals surface area contributed by atoms with Crippen LogP contribution in [0.4, 0.5) is 17.6 Å². The Morgan fingerprint density at radius 3 is 2.16 bits per heavy atom. The van der Waals surface area contributed by atoms with E-state index in [0.717, 1.165) is 11.6 Å². The monoisotopic (exact) mass is 379 g/mol. The van der Waals surface area contributed by atoms with E-state index in [1.807, 2.05) is 6.07 Å². The van der Waals surface area contributed by atoms with Crippen LogP contribution in [0.3, 0.4) is 0 Å². The van der Waals surface area contributed by atoms with Crippen LogP contribution >= 0.6 is 12.4 Å². The topological polar surface area (TPSA) is 55.5 Å². The van der Waals surface area contributed by atoms with Gasteiger partial charge in [-0.3, -0.25) is 0 Å². The van der Waals surface area contributed by atoms with Gasteiger partial charge in [0.25, 0.3) is 0 Å². The highest BCUT2D eigenvalue weighted by Gasteiger charge is 2.44. The van der Waals surface area contributed by atoms with Crippen molar-refractivity contribution in [2.75, 3.05) is 0 Å². The summed E-state index contributed by atoms with van der Waals surface area (Å²) in [6, 6.07) is 13.2. The number of hydrogen-bond donors (Lipinski definition) is 2. The molecule has 25 heavy (non-hydrogen) atoms. The summed E-state index contributed by atoms with van der Waals surface area (Å²) in [5, 5.41) is 10.2. The SMILES string of the molecule is Cl.N[C@@H](c1ccccc1OC(F)(F)C(F)F)[C@H](O)Cc1ccccc1. The summed E-state index contributed by atoms with van der Waals surface area (Å²) in [6.07, 6.45) is -9.53. The molecule has 0 radical (unpaired) electrons. The van der Waals surface area contributed by atoms with Crippen molar-refractivity contribution in [2.24, 2.45) is 5.73 Å². The van der Waals surface area contributed by atoms with Gasteiger partial charge in [-0.1, -0.05) is 48.5 Å².